The molecule has 29 heavy (non-hydrogen) atoms. The predicted molar refractivity (Wildman–Crippen MR) is 104 cm³/mol. The standard InChI is InChI=1S/C23H26F3NO2/c24-23(25,26)20-8-4-7-17(9-20)21(28)15-27-13-18-11-22(29,12-19(18)14-27)10-16-5-2-1-3-6-16/h1-9,18-19,21,28-29H,10-15H2. The van der Waals surface area contributed by atoms with Gasteiger partial charge in [0.05, 0.1) is 17.3 Å². The van der Waals surface area contributed by atoms with Crippen LogP contribution in [0.5, 0.6) is 0 Å². The smallest absolute Gasteiger partial charge is 0.390 e. The molecule has 3 unspecified atom stereocenters. The highest BCUT2D eigenvalue weighted by atomic mass is 19.4. The first-order valence-corrected chi connectivity index (χ1v) is 10.1. The van der Waals surface area contributed by atoms with Gasteiger partial charge in [0, 0.05) is 26.1 Å². The highest BCUT2D eigenvalue weighted by molar-refractivity contribution is 5.27. The van der Waals surface area contributed by atoms with Crippen LogP contribution in [0.2, 0.25) is 0 Å². The third kappa shape index (κ3) is 4.65. The lowest BCUT2D eigenvalue weighted by atomic mass is 9.91. The summed E-state index contributed by atoms with van der Waals surface area (Å²) >= 11 is 0. The molecular weight excluding hydrogens is 379 g/mol. The van der Waals surface area contributed by atoms with Gasteiger partial charge in [0.2, 0.25) is 0 Å². The van der Waals surface area contributed by atoms with Crippen molar-refractivity contribution >= 4 is 0 Å². The number of β-amino-alcohol motifs (C(OH)–C–C–N with tert-alkyl or cyclic N) is 1. The lowest BCUT2D eigenvalue weighted by Gasteiger charge is -2.27. The lowest BCUT2D eigenvalue weighted by Crippen LogP contribution is -2.33. The summed E-state index contributed by atoms with van der Waals surface area (Å²) in [4.78, 5) is 2.11. The van der Waals surface area contributed by atoms with Crippen LogP contribution in [0.1, 0.15) is 35.6 Å². The van der Waals surface area contributed by atoms with Gasteiger partial charge < -0.3 is 10.2 Å². The van der Waals surface area contributed by atoms with Crippen molar-refractivity contribution in [3.8, 4) is 0 Å². The predicted octanol–water partition coefficient (Wildman–Crippen LogP) is 4.05. The van der Waals surface area contributed by atoms with Gasteiger partial charge in [-0.3, -0.25) is 4.90 Å². The van der Waals surface area contributed by atoms with Gasteiger partial charge in [0.1, 0.15) is 0 Å². The molecule has 2 fully saturated rings. The van der Waals surface area contributed by atoms with Crippen molar-refractivity contribution in [2.45, 2.75) is 37.1 Å². The molecule has 1 aliphatic heterocycles. The largest absolute Gasteiger partial charge is 0.416 e. The molecule has 1 aliphatic carbocycles. The fourth-order valence-electron chi connectivity index (χ4n) is 5.10. The summed E-state index contributed by atoms with van der Waals surface area (Å²) < 4.78 is 38.7. The van der Waals surface area contributed by atoms with E-state index in [0.29, 0.717) is 24.8 Å². The topological polar surface area (TPSA) is 43.7 Å². The van der Waals surface area contributed by atoms with E-state index in [0.717, 1.165) is 43.6 Å². The highest BCUT2D eigenvalue weighted by Gasteiger charge is 2.48. The Morgan fingerprint density at radius 1 is 1.00 bits per heavy atom. The molecule has 156 valence electrons. The molecule has 1 saturated heterocycles. The quantitative estimate of drug-likeness (QED) is 0.789. The SMILES string of the molecule is OC(CN1CC2CC(O)(Cc3ccccc3)CC2C1)c1cccc(C(F)(F)F)c1. The van der Waals surface area contributed by atoms with Gasteiger partial charge in [-0.2, -0.15) is 13.2 Å². The van der Waals surface area contributed by atoms with Crippen molar-refractivity contribution in [3.05, 3.63) is 71.3 Å². The van der Waals surface area contributed by atoms with E-state index >= 15 is 0 Å². The van der Waals surface area contributed by atoms with Crippen LogP contribution in [-0.2, 0) is 12.6 Å². The Hall–Kier alpha value is -1.89. The molecule has 1 saturated carbocycles. The number of alkyl halides is 3. The first-order chi connectivity index (χ1) is 13.7. The zero-order valence-electron chi connectivity index (χ0n) is 16.1. The molecule has 2 N–H and O–H groups in total. The molecule has 4 rings (SSSR count). The molecule has 0 bridgehead atoms. The minimum absolute atomic E-state index is 0.289. The van der Waals surface area contributed by atoms with E-state index in [1.54, 1.807) is 0 Å². The zero-order chi connectivity index (χ0) is 20.6. The number of halogens is 3. The Morgan fingerprint density at radius 2 is 1.66 bits per heavy atom. The average molecular weight is 405 g/mol. The number of aliphatic hydroxyl groups is 2. The maximum Gasteiger partial charge on any atom is 0.416 e. The van der Waals surface area contributed by atoms with E-state index in [4.69, 9.17) is 0 Å². The number of nitrogens with zero attached hydrogens (tertiary/aromatic N) is 1. The number of likely N-dealkylation sites (tertiary alicyclic amines) is 1. The van der Waals surface area contributed by atoms with E-state index in [1.165, 1.54) is 12.1 Å². The van der Waals surface area contributed by atoms with E-state index in [1.807, 2.05) is 30.3 Å². The third-order valence-corrected chi connectivity index (χ3v) is 6.34. The second-order valence-corrected chi connectivity index (χ2v) is 8.67. The summed E-state index contributed by atoms with van der Waals surface area (Å²) in [6.07, 6.45) is -3.28. The Balaban J connectivity index is 1.34. The van der Waals surface area contributed by atoms with Gasteiger partial charge in [-0.1, -0.05) is 42.5 Å². The number of hydrogen-bond acceptors (Lipinski definition) is 3. The molecule has 1 heterocycles. The van der Waals surface area contributed by atoms with Gasteiger partial charge in [-0.15, -0.1) is 0 Å². The second-order valence-electron chi connectivity index (χ2n) is 8.67. The number of fused-ring (bicyclic) bond motifs is 1. The Morgan fingerprint density at radius 3 is 2.28 bits per heavy atom. The molecule has 0 amide bonds. The average Bonchev–Trinajstić information content (AvgIpc) is 3.15. The minimum Gasteiger partial charge on any atom is -0.390 e. The van der Waals surface area contributed by atoms with Gasteiger partial charge in [0.15, 0.2) is 0 Å². The van der Waals surface area contributed by atoms with Crippen molar-refractivity contribution in [2.75, 3.05) is 19.6 Å². The first-order valence-electron chi connectivity index (χ1n) is 10.1. The van der Waals surface area contributed by atoms with Crippen molar-refractivity contribution < 1.29 is 23.4 Å². The molecule has 2 aliphatic rings. The normalized spacial score (nSPS) is 28.4. The highest BCUT2D eigenvalue weighted by Crippen LogP contribution is 2.45. The summed E-state index contributed by atoms with van der Waals surface area (Å²) in [6.45, 7) is 1.83. The monoisotopic (exact) mass is 405 g/mol. The van der Waals surface area contributed by atoms with Crippen molar-refractivity contribution in [3.63, 3.8) is 0 Å². The van der Waals surface area contributed by atoms with E-state index in [9.17, 15) is 23.4 Å². The molecule has 3 nitrogen and oxygen atoms in total. The van der Waals surface area contributed by atoms with E-state index in [-0.39, 0.29) is 5.56 Å². The van der Waals surface area contributed by atoms with Crippen LogP contribution in [0, 0.1) is 11.8 Å². The summed E-state index contributed by atoms with van der Waals surface area (Å²) in [5.74, 6) is 0.717. The Labute approximate surface area is 168 Å². The van der Waals surface area contributed by atoms with Crippen molar-refractivity contribution in [1.82, 2.24) is 4.90 Å². The summed E-state index contributed by atoms with van der Waals surface area (Å²) in [7, 11) is 0. The maximum absolute atomic E-state index is 12.9. The van der Waals surface area contributed by atoms with E-state index in [2.05, 4.69) is 4.90 Å². The van der Waals surface area contributed by atoms with Crippen LogP contribution in [0.4, 0.5) is 13.2 Å². The maximum atomic E-state index is 12.9. The van der Waals surface area contributed by atoms with Crippen LogP contribution in [0.25, 0.3) is 0 Å². The fraction of sp³-hybridized carbons (Fsp3) is 0.478. The van der Waals surface area contributed by atoms with Crippen molar-refractivity contribution in [1.29, 1.82) is 0 Å². The number of rotatable bonds is 5. The van der Waals surface area contributed by atoms with Crippen LogP contribution in [-0.4, -0.2) is 40.3 Å². The molecule has 0 radical (unpaired) electrons. The van der Waals surface area contributed by atoms with Crippen molar-refractivity contribution in [2.24, 2.45) is 11.8 Å². The Bertz CT molecular complexity index is 826. The number of benzene rings is 2. The molecule has 6 heteroatoms. The molecule has 0 spiro atoms. The van der Waals surface area contributed by atoms with Crippen LogP contribution in [0.3, 0.4) is 0 Å². The molecule has 2 aromatic carbocycles. The lowest BCUT2D eigenvalue weighted by molar-refractivity contribution is -0.137. The fourth-order valence-corrected chi connectivity index (χ4v) is 5.10. The summed E-state index contributed by atoms with van der Waals surface area (Å²) in [5.41, 5.74) is -0.00908. The first kappa shape index (κ1) is 20.4. The molecule has 0 aromatic heterocycles. The summed E-state index contributed by atoms with van der Waals surface area (Å²) in [6, 6.07) is 14.9. The van der Waals surface area contributed by atoms with Crippen LogP contribution in [0.15, 0.2) is 54.6 Å². The van der Waals surface area contributed by atoms with Gasteiger partial charge in [-0.05, 0) is 47.9 Å². The summed E-state index contributed by atoms with van der Waals surface area (Å²) in [5, 5.41) is 21.5. The van der Waals surface area contributed by atoms with Crippen LogP contribution >= 0.6 is 0 Å². The molecule has 2 aromatic rings. The number of hydrogen-bond donors (Lipinski definition) is 2. The zero-order valence-corrected chi connectivity index (χ0v) is 16.1. The van der Waals surface area contributed by atoms with Crippen LogP contribution < -0.4 is 0 Å². The molecule has 3 atom stereocenters. The minimum atomic E-state index is -4.41. The van der Waals surface area contributed by atoms with E-state index < -0.39 is 23.4 Å². The van der Waals surface area contributed by atoms with Gasteiger partial charge >= 0.3 is 6.18 Å². The molecular formula is C23H26F3NO2. The van der Waals surface area contributed by atoms with Gasteiger partial charge in [-0.25, -0.2) is 0 Å². The number of aliphatic hydroxyl groups excluding tert-OH is 1. The van der Waals surface area contributed by atoms with Gasteiger partial charge in [0.25, 0.3) is 0 Å². The Kier molecular flexibility index (Phi) is 5.44. The third-order valence-electron chi connectivity index (χ3n) is 6.34. The second kappa shape index (κ2) is 7.74.